The van der Waals surface area contributed by atoms with Crippen molar-refractivity contribution in [3.8, 4) is 16.9 Å². The van der Waals surface area contributed by atoms with Crippen LogP contribution in [0.4, 0.5) is 4.39 Å². The molecule has 5 aromatic rings. The summed E-state index contributed by atoms with van der Waals surface area (Å²) in [5.74, 6) is -0.506. The van der Waals surface area contributed by atoms with Crippen LogP contribution < -0.4 is 0 Å². The highest BCUT2D eigenvalue weighted by Gasteiger charge is 2.18. The van der Waals surface area contributed by atoms with Crippen LogP contribution >= 0.6 is 0 Å². The van der Waals surface area contributed by atoms with E-state index in [4.69, 9.17) is 5.10 Å². The van der Waals surface area contributed by atoms with Gasteiger partial charge in [-0.15, -0.1) is 0 Å². The minimum atomic E-state index is -0.506. The molecule has 138 valence electrons. The van der Waals surface area contributed by atoms with Crippen LogP contribution in [-0.2, 0) is 7.05 Å². The maximum Gasteiger partial charge on any atom is 0.212 e. The third-order valence-corrected chi connectivity index (χ3v) is 4.99. The summed E-state index contributed by atoms with van der Waals surface area (Å²) in [7, 11) is 1.92. The number of aromatic nitrogens is 5. The first-order valence-corrected chi connectivity index (χ1v) is 9.06. The molecule has 3 aromatic heterocycles. The molecule has 28 heavy (non-hydrogen) atoms. The van der Waals surface area contributed by atoms with E-state index in [1.54, 1.807) is 6.07 Å². The third kappa shape index (κ3) is 2.49. The molecule has 6 heteroatoms. The van der Waals surface area contributed by atoms with E-state index in [0.717, 1.165) is 44.3 Å². The van der Waals surface area contributed by atoms with Gasteiger partial charge in [0.2, 0.25) is 5.95 Å². The first-order valence-electron chi connectivity index (χ1n) is 9.06. The van der Waals surface area contributed by atoms with Gasteiger partial charge >= 0.3 is 0 Å². The maximum atomic E-state index is 13.3. The lowest BCUT2D eigenvalue weighted by Gasteiger charge is -2.06. The zero-order valence-electron chi connectivity index (χ0n) is 15.8. The number of hydrogen-bond donors (Lipinski definition) is 0. The van der Waals surface area contributed by atoms with Gasteiger partial charge in [0.15, 0.2) is 0 Å². The van der Waals surface area contributed by atoms with Crippen molar-refractivity contribution in [1.29, 1.82) is 0 Å². The van der Waals surface area contributed by atoms with Crippen molar-refractivity contribution in [2.45, 2.75) is 13.8 Å². The predicted octanol–water partition coefficient (Wildman–Crippen LogP) is 4.73. The van der Waals surface area contributed by atoms with Crippen molar-refractivity contribution >= 4 is 21.8 Å². The fraction of sp³-hybridized carbons (Fsp3) is 0.136. The largest absolute Gasteiger partial charge is 0.275 e. The summed E-state index contributed by atoms with van der Waals surface area (Å²) in [6.45, 7) is 4.15. The number of aryl methyl sites for hydroxylation is 3. The molecule has 0 aliphatic heterocycles. The Bertz CT molecular complexity index is 1350. The van der Waals surface area contributed by atoms with E-state index < -0.39 is 5.95 Å². The Morgan fingerprint density at radius 1 is 0.964 bits per heavy atom. The Morgan fingerprint density at radius 3 is 2.61 bits per heavy atom. The van der Waals surface area contributed by atoms with Crippen molar-refractivity contribution in [3.63, 3.8) is 0 Å². The Hall–Kier alpha value is -3.54. The highest BCUT2D eigenvalue weighted by molar-refractivity contribution is 6.03. The molecule has 0 saturated carbocycles. The molecule has 0 amide bonds. The zero-order valence-corrected chi connectivity index (χ0v) is 15.8. The molecule has 0 atom stereocenters. The van der Waals surface area contributed by atoms with Crippen LogP contribution in [0.15, 0.2) is 54.9 Å². The number of nitrogens with zero attached hydrogens (tertiary/aromatic N) is 5. The molecule has 3 heterocycles. The predicted molar refractivity (Wildman–Crippen MR) is 108 cm³/mol. The molecule has 0 spiro atoms. The standard InChI is InChI=1S/C22H18FN5/c1-13-9-14(2)22-17(10-13)21(26-28(22)15-7-8-20(23)24-11-15)16-5-4-6-19-18(16)12-27(3)25-19/h4-12H,1-3H3. The summed E-state index contributed by atoms with van der Waals surface area (Å²) in [6.07, 6.45) is 3.52. The summed E-state index contributed by atoms with van der Waals surface area (Å²) in [5.41, 5.74) is 6.82. The fourth-order valence-corrected chi connectivity index (χ4v) is 3.87. The number of hydrogen-bond acceptors (Lipinski definition) is 3. The topological polar surface area (TPSA) is 48.5 Å². The van der Waals surface area contributed by atoms with Crippen LogP contribution in [0, 0.1) is 19.8 Å². The van der Waals surface area contributed by atoms with Crippen LogP contribution in [-0.4, -0.2) is 24.5 Å². The minimum Gasteiger partial charge on any atom is -0.275 e. The lowest BCUT2D eigenvalue weighted by molar-refractivity contribution is 0.582. The van der Waals surface area contributed by atoms with E-state index in [-0.39, 0.29) is 0 Å². The van der Waals surface area contributed by atoms with Gasteiger partial charge in [0.05, 0.1) is 22.9 Å². The van der Waals surface area contributed by atoms with Gasteiger partial charge in [0.25, 0.3) is 0 Å². The molecular formula is C22H18FN5. The minimum absolute atomic E-state index is 0.506. The van der Waals surface area contributed by atoms with Crippen molar-refractivity contribution in [2.75, 3.05) is 0 Å². The van der Waals surface area contributed by atoms with Crippen molar-refractivity contribution < 1.29 is 4.39 Å². The van der Waals surface area contributed by atoms with Gasteiger partial charge in [0.1, 0.15) is 5.69 Å². The molecule has 0 fully saturated rings. The molecule has 2 aromatic carbocycles. The van der Waals surface area contributed by atoms with E-state index in [0.29, 0.717) is 0 Å². The van der Waals surface area contributed by atoms with Gasteiger partial charge in [-0.1, -0.05) is 23.8 Å². The number of fused-ring (bicyclic) bond motifs is 2. The number of rotatable bonds is 2. The number of pyridine rings is 1. The van der Waals surface area contributed by atoms with E-state index in [1.807, 2.05) is 34.7 Å². The second-order valence-electron chi connectivity index (χ2n) is 7.12. The summed E-state index contributed by atoms with van der Waals surface area (Å²) in [5, 5.41) is 11.6. The van der Waals surface area contributed by atoms with Gasteiger partial charge in [-0.25, -0.2) is 9.67 Å². The maximum absolute atomic E-state index is 13.3. The first kappa shape index (κ1) is 16.6. The summed E-state index contributed by atoms with van der Waals surface area (Å²) in [4.78, 5) is 3.80. The molecule has 0 aliphatic carbocycles. The molecule has 0 N–H and O–H groups in total. The van der Waals surface area contributed by atoms with E-state index in [2.05, 4.69) is 42.1 Å². The number of benzene rings is 2. The lowest BCUT2D eigenvalue weighted by Crippen LogP contribution is -1.99. The summed E-state index contributed by atoms with van der Waals surface area (Å²) >= 11 is 0. The van der Waals surface area contributed by atoms with E-state index in [1.165, 1.54) is 17.8 Å². The molecule has 0 bridgehead atoms. The second-order valence-corrected chi connectivity index (χ2v) is 7.12. The quantitative estimate of drug-likeness (QED) is 0.422. The highest BCUT2D eigenvalue weighted by atomic mass is 19.1. The average molecular weight is 371 g/mol. The van der Waals surface area contributed by atoms with Gasteiger partial charge < -0.3 is 0 Å². The van der Waals surface area contributed by atoms with Crippen molar-refractivity contribution in [1.82, 2.24) is 24.5 Å². The Morgan fingerprint density at radius 2 is 1.82 bits per heavy atom. The molecule has 5 rings (SSSR count). The van der Waals surface area contributed by atoms with Crippen molar-refractivity contribution in [2.24, 2.45) is 7.05 Å². The Balaban J connectivity index is 1.88. The van der Waals surface area contributed by atoms with Crippen LogP contribution in [0.3, 0.4) is 0 Å². The van der Waals surface area contributed by atoms with Gasteiger partial charge in [-0.05, 0) is 43.7 Å². The van der Waals surface area contributed by atoms with Crippen LogP contribution in [0.1, 0.15) is 11.1 Å². The normalized spacial score (nSPS) is 11.6. The monoisotopic (exact) mass is 371 g/mol. The molecular weight excluding hydrogens is 353 g/mol. The third-order valence-electron chi connectivity index (χ3n) is 4.99. The Labute approximate surface area is 161 Å². The van der Waals surface area contributed by atoms with Crippen LogP contribution in [0.2, 0.25) is 0 Å². The highest BCUT2D eigenvalue weighted by Crippen LogP contribution is 2.35. The SMILES string of the molecule is Cc1cc(C)c2c(c1)c(-c1cccc3nn(C)cc13)nn2-c1ccc(F)nc1. The summed E-state index contributed by atoms with van der Waals surface area (Å²) < 4.78 is 17.0. The number of halogens is 1. The molecule has 0 aliphatic rings. The van der Waals surface area contributed by atoms with E-state index in [9.17, 15) is 4.39 Å². The van der Waals surface area contributed by atoms with Gasteiger partial charge in [-0.3, -0.25) is 4.68 Å². The van der Waals surface area contributed by atoms with Gasteiger partial charge in [0, 0.05) is 29.6 Å². The van der Waals surface area contributed by atoms with Crippen LogP contribution in [0.25, 0.3) is 38.8 Å². The lowest BCUT2D eigenvalue weighted by atomic mass is 10.0. The fourth-order valence-electron chi connectivity index (χ4n) is 3.87. The van der Waals surface area contributed by atoms with Gasteiger partial charge in [-0.2, -0.15) is 14.6 Å². The molecule has 5 nitrogen and oxygen atoms in total. The smallest absolute Gasteiger partial charge is 0.212 e. The van der Waals surface area contributed by atoms with Crippen LogP contribution in [0.5, 0.6) is 0 Å². The average Bonchev–Trinajstić information content (AvgIpc) is 3.22. The first-order chi connectivity index (χ1) is 13.5. The van der Waals surface area contributed by atoms with E-state index >= 15 is 0 Å². The Kier molecular flexibility index (Phi) is 3.55. The second kappa shape index (κ2) is 5.99. The van der Waals surface area contributed by atoms with Crippen molar-refractivity contribution in [3.05, 3.63) is 71.9 Å². The zero-order chi connectivity index (χ0) is 19.4. The summed E-state index contributed by atoms with van der Waals surface area (Å²) in [6, 6.07) is 13.4. The molecule has 0 saturated heterocycles. The molecule has 0 unspecified atom stereocenters. The molecule has 0 radical (unpaired) electrons.